The largest absolute Gasteiger partial charge is 0.433 e. The molecule has 0 saturated heterocycles. The summed E-state index contributed by atoms with van der Waals surface area (Å²) in [6.45, 7) is 3.36. The van der Waals surface area contributed by atoms with E-state index in [9.17, 15) is 26.7 Å². The lowest BCUT2D eigenvalue weighted by Gasteiger charge is -2.16. The molecule has 0 spiro atoms. The van der Waals surface area contributed by atoms with E-state index in [2.05, 4.69) is 4.98 Å². The third-order valence-corrected chi connectivity index (χ3v) is 2.64. The smallest absolute Gasteiger partial charge is 0.276 e. The first-order chi connectivity index (χ1) is 9.04. The van der Waals surface area contributed by atoms with Crippen molar-refractivity contribution in [3.63, 3.8) is 0 Å². The van der Waals surface area contributed by atoms with Crippen LogP contribution >= 0.6 is 11.6 Å². The van der Waals surface area contributed by atoms with Crippen LogP contribution in [0.4, 0.5) is 22.0 Å². The number of hydrogen-bond acceptors (Lipinski definition) is 2. The van der Waals surface area contributed by atoms with Crippen molar-refractivity contribution in [1.29, 1.82) is 0 Å². The molecule has 0 amide bonds. The molecule has 1 heterocycles. The second kappa shape index (κ2) is 6.03. The molecule has 0 aromatic carbocycles. The molecule has 8 heteroatoms. The van der Waals surface area contributed by atoms with Crippen LogP contribution in [-0.4, -0.2) is 10.2 Å². The molecule has 1 aromatic heterocycles. The van der Waals surface area contributed by atoms with E-state index in [0.29, 0.717) is 6.07 Å². The number of pyridine rings is 1. The number of carbonyl (C=O) groups is 1. The molecule has 0 radical (unpaired) electrons. The third-order valence-electron chi connectivity index (χ3n) is 2.45. The molecule has 0 bridgehead atoms. The van der Waals surface area contributed by atoms with E-state index in [1.165, 1.54) is 0 Å². The predicted molar refractivity (Wildman–Crippen MR) is 62.9 cm³/mol. The molecule has 2 nitrogen and oxygen atoms in total. The minimum atomic E-state index is -4.87. The van der Waals surface area contributed by atoms with Crippen LogP contribution in [0.15, 0.2) is 6.07 Å². The molecule has 0 unspecified atom stereocenters. The van der Waals surface area contributed by atoms with Gasteiger partial charge in [0.25, 0.3) is 11.7 Å². The minimum Gasteiger partial charge on any atom is -0.276 e. The molecule has 1 rings (SSSR count). The van der Waals surface area contributed by atoms with Crippen LogP contribution in [0.1, 0.15) is 47.6 Å². The Balaban J connectivity index is 3.59. The summed E-state index contributed by atoms with van der Waals surface area (Å²) in [5.74, 6) is -0.140. The maximum atomic E-state index is 12.8. The number of halogens is 6. The second-order valence-corrected chi connectivity index (χ2v) is 4.94. The molecule has 0 aliphatic carbocycles. The summed E-state index contributed by atoms with van der Waals surface area (Å²) in [6.07, 6.45) is -8.18. The number of nitrogens with zero attached hydrogens (tertiary/aromatic N) is 1. The van der Waals surface area contributed by atoms with Gasteiger partial charge in [-0.2, -0.15) is 13.2 Å². The maximum Gasteiger partial charge on any atom is 0.433 e. The van der Waals surface area contributed by atoms with Gasteiger partial charge >= 0.3 is 6.18 Å². The SMILES string of the molecule is CC(C)Cc1cc(C(F)(F)F)nc(C(F)F)c1C(=O)Cl. The lowest BCUT2D eigenvalue weighted by atomic mass is 9.97. The second-order valence-electron chi connectivity index (χ2n) is 4.60. The summed E-state index contributed by atoms with van der Waals surface area (Å²) < 4.78 is 63.6. The van der Waals surface area contributed by atoms with Gasteiger partial charge in [0.15, 0.2) is 0 Å². The van der Waals surface area contributed by atoms with E-state index in [1.807, 2.05) is 0 Å². The van der Waals surface area contributed by atoms with E-state index in [-0.39, 0.29) is 17.9 Å². The Bertz CT molecular complexity index is 513. The Labute approximate surface area is 116 Å². The molecular formula is C12H11ClF5NO. The molecule has 20 heavy (non-hydrogen) atoms. The third kappa shape index (κ3) is 3.88. The van der Waals surface area contributed by atoms with Crippen molar-refractivity contribution in [3.05, 3.63) is 28.6 Å². The molecule has 1 aromatic rings. The Morgan fingerprint density at radius 3 is 2.25 bits per heavy atom. The van der Waals surface area contributed by atoms with Crippen molar-refractivity contribution in [1.82, 2.24) is 4.98 Å². The van der Waals surface area contributed by atoms with Crippen LogP contribution in [0.5, 0.6) is 0 Å². The zero-order valence-electron chi connectivity index (χ0n) is 10.6. The number of carbonyl (C=O) groups excluding carboxylic acids is 1. The van der Waals surface area contributed by atoms with Crippen LogP contribution < -0.4 is 0 Å². The fraction of sp³-hybridized carbons (Fsp3) is 0.500. The summed E-state index contributed by atoms with van der Waals surface area (Å²) in [7, 11) is 0. The standard InChI is InChI=1S/C12H11ClF5NO/c1-5(2)3-6-4-7(12(16,17)18)19-9(11(14)15)8(6)10(13)20/h4-5,11H,3H2,1-2H3. The molecule has 0 aliphatic heterocycles. The average Bonchev–Trinajstić information content (AvgIpc) is 2.25. The van der Waals surface area contributed by atoms with E-state index >= 15 is 0 Å². The van der Waals surface area contributed by atoms with Gasteiger partial charge in [-0.3, -0.25) is 4.79 Å². The van der Waals surface area contributed by atoms with Crippen molar-refractivity contribution in [2.75, 3.05) is 0 Å². The van der Waals surface area contributed by atoms with E-state index < -0.39 is 34.8 Å². The van der Waals surface area contributed by atoms with Crippen LogP contribution in [-0.2, 0) is 12.6 Å². The van der Waals surface area contributed by atoms with Gasteiger partial charge in [0.05, 0.1) is 5.56 Å². The molecule has 0 aliphatic rings. The quantitative estimate of drug-likeness (QED) is 0.599. The van der Waals surface area contributed by atoms with Crippen LogP contribution in [0.25, 0.3) is 0 Å². The van der Waals surface area contributed by atoms with E-state index in [4.69, 9.17) is 11.6 Å². The van der Waals surface area contributed by atoms with E-state index in [1.54, 1.807) is 13.8 Å². The molecule has 0 saturated carbocycles. The van der Waals surface area contributed by atoms with Crippen LogP contribution in [0.3, 0.4) is 0 Å². The van der Waals surface area contributed by atoms with Gasteiger partial charge in [0.2, 0.25) is 0 Å². The molecule has 0 atom stereocenters. The van der Waals surface area contributed by atoms with Crippen LogP contribution in [0, 0.1) is 5.92 Å². The lowest BCUT2D eigenvalue weighted by Crippen LogP contribution is -2.16. The fourth-order valence-electron chi connectivity index (χ4n) is 1.75. The first-order valence-electron chi connectivity index (χ1n) is 5.63. The van der Waals surface area contributed by atoms with Crippen molar-refractivity contribution in [2.45, 2.75) is 32.9 Å². The molecule has 112 valence electrons. The molecule has 0 N–H and O–H groups in total. The predicted octanol–water partition coefficient (Wildman–Crippen LogP) is 4.62. The topological polar surface area (TPSA) is 30.0 Å². The van der Waals surface area contributed by atoms with Gasteiger partial charge in [0.1, 0.15) is 11.4 Å². The number of rotatable bonds is 4. The number of alkyl halides is 5. The van der Waals surface area contributed by atoms with Crippen LogP contribution in [0.2, 0.25) is 0 Å². The molecule has 0 fully saturated rings. The first kappa shape index (κ1) is 16.8. The van der Waals surface area contributed by atoms with Gasteiger partial charge in [-0.1, -0.05) is 13.8 Å². The summed E-state index contributed by atoms with van der Waals surface area (Å²) in [5.41, 5.74) is -3.48. The Hall–Kier alpha value is -1.24. The average molecular weight is 316 g/mol. The highest BCUT2D eigenvalue weighted by Gasteiger charge is 2.36. The van der Waals surface area contributed by atoms with Gasteiger partial charge in [0, 0.05) is 0 Å². The Morgan fingerprint density at radius 1 is 1.35 bits per heavy atom. The summed E-state index contributed by atoms with van der Waals surface area (Å²) in [6, 6.07) is 0.599. The highest BCUT2D eigenvalue weighted by Crippen LogP contribution is 2.34. The van der Waals surface area contributed by atoms with E-state index in [0.717, 1.165) is 0 Å². The summed E-state index contributed by atoms with van der Waals surface area (Å²) in [4.78, 5) is 14.1. The van der Waals surface area contributed by atoms with Crippen molar-refractivity contribution >= 4 is 16.8 Å². The lowest BCUT2D eigenvalue weighted by molar-refractivity contribution is -0.141. The maximum absolute atomic E-state index is 12.8. The summed E-state index contributed by atoms with van der Waals surface area (Å²) in [5, 5.41) is -1.24. The summed E-state index contributed by atoms with van der Waals surface area (Å²) >= 11 is 5.21. The van der Waals surface area contributed by atoms with Crippen molar-refractivity contribution < 1.29 is 26.7 Å². The zero-order chi connectivity index (χ0) is 15.7. The highest BCUT2D eigenvalue weighted by atomic mass is 35.5. The highest BCUT2D eigenvalue weighted by molar-refractivity contribution is 6.68. The minimum absolute atomic E-state index is 0.0130. The fourth-order valence-corrected chi connectivity index (χ4v) is 1.97. The van der Waals surface area contributed by atoms with Gasteiger partial charge in [-0.25, -0.2) is 13.8 Å². The van der Waals surface area contributed by atoms with Gasteiger partial charge in [-0.15, -0.1) is 0 Å². The van der Waals surface area contributed by atoms with Gasteiger partial charge in [-0.05, 0) is 35.6 Å². The first-order valence-corrected chi connectivity index (χ1v) is 6.00. The molecular weight excluding hydrogens is 305 g/mol. The number of aromatic nitrogens is 1. The number of hydrogen-bond donors (Lipinski definition) is 0. The van der Waals surface area contributed by atoms with Gasteiger partial charge < -0.3 is 0 Å². The van der Waals surface area contributed by atoms with Crippen molar-refractivity contribution in [3.8, 4) is 0 Å². The Morgan fingerprint density at radius 2 is 1.90 bits per heavy atom. The Kier molecular flexibility index (Phi) is 5.07. The normalized spacial score (nSPS) is 12.3. The van der Waals surface area contributed by atoms with Crippen molar-refractivity contribution in [2.24, 2.45) is 5.92 Å². The monoisotopic (exact) mass is 315 g/mol. The zero-order valence-corrected chi connectivity index (χ0v) is 11.3.